The third kappa shape index (κ3) is 5.49. The Hall–Kier alpha value is -1.36. The van der Waals surface area contributed by atoms with Crippen molar-refractivity contribution < 1.29 is 9.84 Å². The molecule has 1 heterocycles. The largest absolute Gasteiger partial charge is 0.477 e. The maximum absolute atomic E-state index is 9.26. The predicted molar refractivity (Wildman–Crippen MR) is 67.2 cm³/mol. The van der Waals surface area contributed by atoms with Crippen LogP contribution in [0.5, 0.6) is 5.88 Å². The van der Waals surface area contributed by atoms with E-state index in [1.54, 1.807) is 19.3 Å². The van der Waals surface area contributed by atoms with Crippen LogP contribution in [-0.2, 0) is 0 Å². The number of rotatable bonds is 7. The van der Waals surface area contributed by atoms with Crippen molar-refractivity contribution in [1.29, 1.82) is 0 Å². The summed E-state index contributed by atoms with van der Waals surface area (Å²) < 4.78 is 5.26. The van der Waals surface area contributed by atoms with E-state index in [4.69, 9.17) is 4.74 Å². The van der Waals surface area contributed by atoms with Crippen LogP contribution in [0.3, 0.4) is 0 Å². The summed E-state index contributed by atoms with van der Waals surface area (Å²) in [6.45, 7) is 7.13. The van der Waals surface area contributed by atoms with Crippen molar-refractivity contribution in [3.8, 4) is 5.88 Å². The summed E-state index contributed by atoms with van der Waals surface area (Å²) in [5.74, 6) is 1.61. The van der Waals surface area contributed by atoms with E-state index in [-0.39, 0.29) is 6.10 Å². The number of ether oxygens (including phenoxy) is 1. The zero-order chi connectivity index (χ0) is 12.7. The van der Waals surface area contributed by atoms with Crippen LogP contribution in [0.15, 0.2) is 12.4 Å². The molecule has 2 N–H and O–H groups in total. The van der Waals surface area contributed by atoms with Crippen LogP contribution < -0.4 is 10.1 Å². The molecule has 0 saturated carbocycles. The van der Waals surface area contributed by atoms with Crippen LogP contribution in [0.4, 0.5) is 5.82 Å². The number of hydrogen-bond donors (Lipinski definition) is 2. The predicted octanol–water partition coefficient (Wildman–Crippen LogP) is 1.69. The quantitative estimate of drug-likeness (QED) is 0.758. The number of hydrogen-bond acceptors (Lipinski definition) is 5. The van der Waals surface area contributed by atoms with Gasteiger partial charge in [-0.3, -0.25) is 4.98 Å². The lowest BCUT2D eigenvalue weighted by Crippen LogP contribution is -2.17. The van der Waals surface area contributed by atoms with Crippen molar-refractivity contribution in [1.82, 2.24) is 9.97 Å². The van der Waals surface area contributed by atoms with Crippen LogP contribution in [0.2, 0.25) is 0 Å². The van der Waals surface area contributed by atoms with Crippen LogP contribution in [0.25, 0.3) is 0 Å². The minimum absolute atomic E-state index is 0.271. The van der Waals surface area contributed by atoms with Crippen molar-refractivity contribution >= 4 is 5.82 Å². The summed E-state index contributed by atoms with van der Waals surface area (Å²) >= 11 is 0. The molecule has 0 saturated heterocycles. The molecular weight excluding hydrogens is 218 g/mol. The fraction of sp³-hybridized carbons (Fsp3) is 0.667. The second-order valence-corrected chi connectivity index (χ2v) is 4.25. The first-order chi connectivity index (χ1) is 8.11. The molecule has 0 amide bonds. The highest BCUT2D eigenvalue weighted by atomic mass is 16.5. The van der Waals surface area contributed by atoms with E-state index in [9.17, 15) is 5.11 Å². The zero-order valence-corrected chi connectivity index (χ0v) is 10.7. The average Bonchev–Trinajstić information content (AvgIpc) is 2.26. The van der Waals surface area contributed by atoms with E-state index >= 15 is 0 Å². The topological polar surface area (TPSA) is 67.3 Å². The van der Waals surface area contributed by atoms with Gasteiger partial charge in [0.1, 0.15) is 5.82 Å². The SMILES string of the molecule is CCOc1cncc(NC[C@H](C)C[C@@H](C)O)n1. The molecule has 0 aliphatic carbocycles. The average molecular weight is 239 g/mol. The van der Waals surface area contributed by atoms with E-state index in [1.165, 1.54) is 0 Å². The number of nitrogens with one attached hydrogen (secondary N) is 1. The molecule has 17 heavy (non-hydrogen) atoms. The maximum Gasteiger partial charge on any atom is 0.234 e. The summed E-state index contributed by atoms with van der Waals surface area (Å²) in [5.41, 5.74) is 0. The molecule has 1 aromatic rings. The van der Waals surface area contributed by atoms with Gasteiger partial charge in [0.15, 0.2) is 0 Å². The van der Waals surface area contributed by atoms with Crippen molar-refractivity contribution in [3.63, 3.8) is 0 Å². The molecule has 96 valence electrons. The summed E-state index contributed by atoms with van der Waals surface area (Å²) in [4.78, 5) is 8.30. The van der Waals surface area contributed by atoms with Gasteiger partial charge in [-0.15, -0.1) is 0 Å². The standard InChI is InChI=1S/C12H21N3O2/c1-4-17-12-8-13-7-11(15-12)14-6-9(2)5-10(3)16/h7-10,16H,4-6H2,1-3H3,(H,14,15)/t9-,10-/m1/s1. The number of anilines is 1. The molecule has 0 spiro atoms. The summed E-state index contributed by atoms with van der Waals surface area (Å²) in [5, 5.41) is 12.4. The van der Waals surface area contributed by atoms with E-state index in [0.29, 0.717) is 24.2 Å². The molecule has 0 unspecified atom stereocenters. The van der Waals surface area contributed by atoms with E-state index < -0.39 is 0 Å². The molecule has 1 aromatic heterocycles. The molecular formula is C12H21N3O2. The van der Waals surface area contributed by atoms with E-state index in [0.717, 1.165) is 13.0 Å². The van der Waals surface area contributed by atoms with Gasteiger partial charge in [-0.05, 0) is 26.2 Å². The zero-order valence-electron chi connectivity index (χ0n) is 10.7. The van der Waals surface area contributed by atoms with Gasteiger partial charge >= 0.3 is 0 Å². The van der Waals surface area contributed by atoms with Crippen molar-refractivity contribution in [3.05, 3.63) is 12.4 Å². The van der Waals surface area contributed by atoms with Gasteiger partial charge in [0, 0.05) is 6.54 Å². The fourth-order valence-corrected chi connectivity index (χ4v) is 1.60. The Morgan fingerprint density at radius 1 is 1.41 bits per heavy atom. The normalized spacial score (nSPS) is 14.1. The lowest BCUT2D eigenvalue weighted by Gasteiger charge is -2.14. The number of nitrogens with zero attached hydrogens (tertiary/aromatic N) is 2. The summed E-state index contributed by atoms with van der Waals surface area (Å²) in [6.07, 6.45) is 3.75. The molecule has 5 nitrogen and oxygen atoms in total. The van der Waals surface area contributed by atoms with Crippen molar-refractivity contribution in [2.24, 2.45) is 5.92 Å². The van der Waals surface area contributed by atoms with E-state index in [1.807, 2.05) is 6.92 Å². The van der Waals surface area contributed by atoms with Crippen LogP contribution in [-0.4, -0.2) is 34.3 Å². The second kappa shape index (κ2) is 7.06. The first kappa shape index (κ1) is 13.7. The lowest BCUT2D eigenvalue weighted by molar-refractivity contribution is 0.166. The monoisotopic (exact) mass is 239 g/mol. The van der Waals surface area contributed by atoms with Gasteiger partial charge < -0.3 is 15.2 Å². The highest BCUT2D eigenvalue weighted by Gasteiger charge is 2.06. The molecule has 0 bridgehead atoms. The minimum atomic E-state index is -0.271. The first-order valence-corrected chi connectivity index (χ1v) is 5.98. The molecule has 0 fully saturated rings. The Balaban J connectivity index is 2.43. The van der Waals surface area contributed by atoms with Gasteiger partial charge in [-0.2, -0.15) is 4.98 Å². The van der Waals surface area contributed by atoms with Crippen LogP contribution >= 0.6 is 0 Å². The molecule has 0 aliphatic rings. The second-order valence-electron chi connectivity index (χ2n) is 4.25. The summed E-state index contributed by atoms with van der Waals surface area (Å²) in [7, 11) is 0. The Labute approximate surface area is 102 Å². The van der Waals surface area contributed by atoms with Crippen molar-refractivity contribution in [2.75, 3.05) is 18.5 Å². The number of aromatic nitrogens is 2. The Morgan fingerprint density at radius 3 is 2.82 bits per heavy atom. The van der Waals surface area contributed by atoms with Gasteiger partial charge in [-0.1, -0.05) is 6.92 Å². The highest BCUT2D eigenvalue weighted by Crippen LogP contribution is 2.11. The maximum atomic E-state index is 9.26. The number of aliphatic hydroxyl groups excluding tert-OH is 1. The Morgan fingerprint density at radius 2 is 2.18 bits per heavy atom. The molecule has 0 aliphatic heterocycles. The molecule has 0 aromatic carbocycles. The molecule has 5 heteroatoms. The van der Waals surface area contributed by atoms with Crippen molar-refractivity contribution in [2.45, 2.75) is 33.3 Å². The first-order valence-electron chi connectivity index (χ1n) is 5.98. The lowest BCUT2D eigenvalue weighted by atomic mass is 10.1. The fourth-order valence-electron chi connectivity index (χ4n) is 1.60. The molecule has 1 rings (SSSR count). The van der Waals surface area contributed by atoms with Gasteiger partial charge in [0.25, 0.3) is 0 Å². The Kier molecular flexibility index (Phi) is 5.69. The minimum Gasteiger partial charge on any atom is -0.477 e. The summed E-state index contributed by atoms with van der Waals surface area (Å²) in [6, 6.07) is 0. The van der Waals surface area contributed by atoms with Gasteiger partial charge in [-0.25, -0.2) is 0 Å². The van der Waals surface area contributed by atoms with Crippen LogP contribution in [0.1, 0.15) is 27.2 Å². The highest BCUT2D eigenvalue weighted by molar-refractivity contribution is 5.33. The smallest absolute Gasteiger partial charge is 0.234 e. The number of aliphatic hydroxyl groups is 1. The molecule has 2 atom stereocenters. The Bertz CT molecular complexity index is 331. The third-order valence-corrected chi connectivity index (χ3v) is 2.28. The van der Waals surface area contributed by atoms with Crippen LogP contribution in [0, 0.1) is 5.92 Å². The van der Waals surface area contributed by atoms with Gasteiger partial charge in [0.05, 0.1) is 25.1 Å². The van der Waals surface area contributed by atoms with Gasteiger partial charge in [0.2, 0.25) is 5.88 Å². The molecule has 0 radical (unpaired) electrons. The van der Waals surface area contributed by atoms with E-state index in [2.05, 4.69) is 22.2 Å². The third-order valence-electron chi connectivity index (χ3n) is 2.28.